The standard InChI is InChI=1S/C36H48N4O6.C35H47N5O5.C28H33FN4O6/c1-5-45-35(43)19-20-37-34(42)22-29(21-26(2)3)39(25-41)33-23-30(40(38-33)28-15-10-7-11-16-28)36-31(44-4)17-12-18-32(36)46-24-27-13-8-6-9-14-27;1-25(2)19-28(20-33(42)36-22-34(43)38(3)4)39(24-41)32-21-29(40(37-32)27-15-10-7-11-16-27)35-30(44-5)17-12-18-31(35)45-23-26-13-8-6-9-14-26;1-18(2)13-21(14-26(35)30-16-27(36)39-5)32(17-34)25-15-22(28-23(37-3)7-6-8-24(28)38-4)33(31-25)20-11-9-19(29)10-12-20/h6,8-9,12-14,17-18,23,25-26,28-29H,5,7,10-11,15-16,19-22,24H2,1-4H3,(H,37,42);6,8-9,12-14,17-18,21,24-25,27-28H,7,10-11,15-16,19-20,22-23H2,1-5H3,(H,36,42);6-12,15,17-18,21H,13-14,16H2,1-5H3,(H,30,35)/t29-;28-;21-/m000/s1. The third-order valence-electron chi connectivity index (χ3n) is 22.5. The van der Waals surface area contributed by atoms with Crippen LogP contribution in [0.2, 0.25) is 0 Å². The third-order valence-corrected chi connectivity index (χ3v) is 22.5. The molecule has 0 unspecified atom stereocenters. The number of likely N-dealkylation sites (N-methyl/N-ethyl adjacent to an activating group) is 1. The number of nitrogens with one attached hydrogen (secondary N) is 3. The summed E-state index contributed by atoms with van der Waals surface area (Å²) >= 11 is 0. The number of rotatable bonds is 45. The Labute approximate surface area is 762 Å². The molecular weight excluding hydrogens is 1660 g/mol. The zero-order valence-electron chi connectivity index (χ0n) is 77.4. The molecular formula is C99H128FN13O17. The largest absolute Gasteiger partial charge is 0.496 e. The van der Waals surface area contributed by atoms with Gasteiger partial charge in [-0.05, 0) is 141 Å². The highest BCUT2D eigenvalue weighted by Crippen LogP contribution is 2.47. The number of methoxy groups -OCH3 is 5. The topological polar surface area (TPSA) is 330 Å². The number of hydrogen-bond acceptors (Lipinski definition) is 20. The summed E-state index contributed by atoms with van der Waals surface area (Å²) in [5.41, 5.74) is 6.87. The molecule has 3 aromatic heterocycles. The van der Waals surface area contributed by atoms with Crippen LogP contribution in [-0.2, 0) is 65.8 Å². The van der Waals surface area contributed by atoms with Gasteiger partial charge in [-0.25, -0.2) is 9.07 Å². The highest BCUT2D eigenvalue weighted by Gasteiger charge is 2.35. The normalized spacial score (nSPS) is 13.3. The van der Waals surface area contributed by atoms with Crippen molar-refractivity contribution in [3.8, 4) is 74.0 Å². The molecule has 2 saturated carbocycles. The van der Waals surface area contributed by atoms with Crippen molar-refractivity contribution < 1.29 is 85.4 Å². The number of halogens is 1. The minimum atomic E-state index is -0.579. The Hall–Kier alpha value is -13.1. The molecule has 0 radical (unpaired) electrons. The van der Waals surface area contributed by atoms with E-state index in [0.717, 1.165) is 97.8 Å². The molecule has 30 nitrogen and oxygen atoms in total. The molecule has 130 heavy (non-hydrogen) atoms. The van der Waals surface area contributed by atoms with E-state index < -0.39 is 35.8 Å². The van der Waals surface area contributed by atoms with Crippen molar-refractivity contribution in [1.82, 2.24) is 50.2 Å². The van der Waals surface area contributed by atoms with Gasteiger partial charge in [0.1, 0.15) is 60.1 Å². The molecule has 0 aliphatic heterocycles. The predicted octanol–water partition coefficient (Wildman–Crippen LogP) is 15.8. The summed E-state index contributed by atoms with van der Waals surface area (Å²) in [6, 6.07) is 46.9. The lowest BCUT2D eigenvalue weighted by Gasteiger charge is -2.28. The number of nitrogens with zero attached hydrogens (tertiary/aromatic N) is 10. The lowest BCUT2D eigenvalue weighted by Crippen LogP contribution is -2.42. The fraction of sp³-hybridized carbons (Fsp3) is 0.455. The zero-order chi connectivity index (χ0) is 93.8. The summed E-state index contributed by atoms with van der Waals surface area (Å²) < 4.78 is 64.6. The number of benzene rings is 6. The first-order valence-electron chi connectivity index (χ1n) is 44.7. The van der Waals surface area contributed by atoms with Gasteiger partial charge in [0.2, 0.25) is 42.9 Å². The lowest BCUT2D eigenvalue weighted by atomic mass is 9.95. The summed E-state index contributed by atoms with van der Waals surface area (Å²) in [7, 11) is 10.9. The van der Waals surface area contributed by atoms with E-state index in [1.54, 1.807) is 86.1 Å². The number of hydrogen-bond donors (Lipinski definition) is 3. The summed E-state index contributed by atoms with van der Waals surface area (Å²) in [5.74, 6) is 2.87. The lowest BCUT2D eigenvalue weighted by molar-refractivity contribution is -0.143. The van der Waals surface area contributed by atoms with E-state index in [-0.39, 0.29) is 105 Å². The van der Waals surface area contributed by atoms with Gasteiger partial charge in [-0.2, -0.15) is 10.2 Å². The smallest absolute Gasteiger partial charge is 0.325 e. The highest BCUT2D eigenvalue weighted by atomic mass is 19.1. The molecule has 0 bridgehead atoms. The van der Waals surface area contributed by atoms with Crippen molar-refractivity contribution in [2.75, 3.05) is 90.6 Å². The molecule has 2 aliphatic carbocycles. The number of ether oxygens (including phenoxy) is 8. The molecule has 3 atom stereocenters. The second-order valence-corrected chi connectivity index (χ2v) is 33.6. The van der Waals surface area contributed by atoms with Crippen molar-refractivity contribution in [2.24, 2.45) is 17.8 Å². The van der Waals surface area contributed by atoms with Crippen molar-refractivity contribution in [3.05, 3.63) is 175 Å². The van der Waals surface area contributed by atoms with Gasteiger partial charge < -0.3 is 58.7 Å². The SMILES string of the molecule is CCOC(=O)CCNC(=O)C[C@H](CC(C)C)N(C=O)c1cc(-c2c(OC)cccc2OCc2ccccc2)n(C2CCCCC2)n1.COC(=O)CNC(=O)C[C@H](CC(C)C)N(C=O)c1cc(-c2c(OC)cccc2OC)n(-c2ccc(F)cc2)n1.COc1cccc(OCc2ccccc2)c1-c1cc(N(C=O)[C@H](CC(=O)NCC(=O)N(C)C)CC(C)C)nn1C1CCCCC1. The quantitative estimate of drug-likeness (QED) is 0.0236. The van der Waals surface area contributed by atoms with Crippen LogP contribution in [0.4, 0.5) is 21.8 Å². The Morgan fingerprint density at radius 3 is 1.19 bits per heavy atom. The second kappa shape index (κ2) is 51.2. The van der Waals surface area contributed by atoms with Gasteiger partial charge in [0.15, 0.2) is 17.5 Å². The van der Waals surface area contributed by atoms with E-state index in [1.165, 1.54) is 56.1 Å². The third kappa shape index (κ3) is 28.7. The molecule has 6 aromatic carbocycles. The van der Waals surface area contributed by atoms with Crippen LogP contribution in [0.5, 0.6) is 34.5 Å². The molecule has 0 spiro atoms. The van der Waals surface area contributed by atoms with E-state index in [4.69, 9.17) is 48.5 Å². The van der Waals surface area contributed by atoms with Crippen LogP contribution in [0.1, 0.15) is 181 Å². The maximum absolute atomic E-state index is 13.7. The summed E-state index contributed by atoms with van der Waals surface area (Å²) in [5, 5.41) is 22.9. The average molecular weight is 1790 g/mol. The number of amides is 7. The van der Waals surface area contributed by atoms with Crippen molar-refractivity contribution in [2.45, 2.75) is 201 Å². The molecule has 0 saturated heterocycles. The summed E-state index contributed by atoms with van der Waals surface area (Å²) in [6.45, 7) is 14.8. The monoisotopic (exact) mass is 1790 g/mol. The first kappa shape index (κ1) is 101. The number of anilines is 3. The number of carbonyl (C=O) groups is 9. The Morgan fingerprint density at radius 2 is 0.823 bits per heavy atom. The van der Waals surface area contributed by atoms with E-state index >= 15 is 0 Å². The predicted molar refractivity (Wildman–Crippen MR) is 496 cm³/mol. The van der Waals surface area contributed by atoms with Crippen LogP contribution in [0, 0.1) is 23.6 Å². The summed E-state index contributed by atoms with van der Waals surface area (Å²) in [4.78, 5) is 118. The second-order valence-electron chi connectivity index (χ2n) is 33.6. The van der Waals surface area contributed by atoms with Gasteiger partial charge in [-0.3, -0.25) is 67.2 Å². The van der Waals surface area contributed by atoms with Gasteiger partial charge in [0.05, 0.1) is 107 Å². The number of esters is 2. The Bertz CT molecular complexity index is 5100. The van der Waals surface area contributed by atoms with E-state index in [2.05, 4.69) is 48.4 Å². The maximum Gasteiger partial charge on any atom is 0.325 e. The zero-order valence-corrected chi connectivity index (χ0v) is 77.4. The Morgan fingerprint density at radius 1 is 0.454 bits per heavy atom. The molecule has 3 N–H and O–H groups in total. The summed E-state index contributed by atoms with van der Waals surface area (Å²) in [6.07, 6.45) is 14.6. The fourth-order valence-electron chi connectivity index (χ4n) is 16.2. The Balaban J connectivity index is 0.000000221. The minimum Gasteiger partial charge on any atom is -0.496 e. The van der Waals surface area contributed by atoms with Gasteiger partial charge >= 0.3 is 11.9 Å². The maximum atomic E-state index is 13.7. The number of aromatic nitrogens is 6. The van der Waals surface area contributed by atoms with Gasteiger partial charge in [0, 0.05) is 76.2 Å². The highest BCUT2D eigenvalue weighted by molar-refractivity contribution is 5.89. The van der Waals surface area contributed by atoms with E-state index in [1.807, 2.05) is 132 Å². The molecule has 31 heteroatoms. The van der Waals surface area contributed by atoms with Crippen molar-refractivity contribution in [1.29, 1.82) is 0 Å². The Kier molecular flexibility index (Phi) is 39.6. The van der Waals surface area contributed by atoms with Crippen LogP contribution < -0.4 is 59.1 Å². The van der Waals surface area contributed by atoms with E-state index in [9.17, 15) is 47.5 Å². The van der Waals surface area contributed by atoms with Crippen LogP contribution in [0.15, 0.2) is 158 Å². The van der Waals surface area contributed by atoms with Crippen LogP contribution >= 0.6 is 0 Å². The first-order chi connectivity index (χ1) is 62.8. The van der Waals surface area contributed by atoms with Gasteiger partial charge in [-0.15, -0.1) is 5.10 Å². The molecule has 698 valence electrons. The first-order valence-corrected chi connectivity index (χ1v) is 44.7. The number of carbonyl (C=O) groups excluding carboxylic acids is 9. The molecule has 2 aliphatic rings. The van der Waals surface area contributed by atoms with Crippen LogP contribution in [0.3, 0.4) is 0 Å². The molecule has 11 rings (SSSR count). The van der Waals surface area contributed by atoms with Crippen LogP contribution in [0.25, 0.3) is 39.5 Å². The van der Waals surface area contributed by atoms with Crippen LogP contribution in [-0.4, -0.2) is 183 Å². The minimum absolute atomic E-state index is 0.0450. The average Bonchev–Trinajstić information content (AvgIpc) is 1.62. The van der Waals surface area contributed by atoms with E-state index in [0.29, 0.717) is 109 Å². The van der Waals surface area contributed by atoms with Crippen molar-refractivity contribution in [3.63, 3.8) is 0 Å². The van der Waals surface area contributed by atoms with Crippen molar-refractivity contribution >= 4 is 72.3 Å². The molecule has 7 amide bonds. The molecule has 3 heterocycles. The molecule has 2 fully saturated rings. The molecule has 9 aromatic rings. The van der Waals surface area contributed by atoms with Gasteiger partial charge in [0.25, 0.3) is 0 Å². The van der Waals surface area contributed by atoms with Gasteiger partial charge in [-0.1, -0.05) is 159 Å². The fourth-order valence-corrected chi connectivity index (χ4v) is 16.2.